The van der Waals surface area contributed by atoms with Crippen LogP contribution in [0.3, 0.4) is 0 Å². The van der Waals surface area contributed by atoms with E-state index in [1.165, 1.54) is 36.5 Å². The zero-order chi connectivity index (χ0) is 11.0. The summed E-state index contributed by atoms with van der Waals surface area (Å²) in [4.78, 5) is 1.52. The average Bonchev–Trinajstić information content (AvgIpc) is 2.93. The average molecular weight is 233 g/mol. The van der Waals surface area contributed by atoms with Crippen LogP contribution >= 0.6 is 11.8 Å². The Kier molecular flexibility index (Phi) is 2.72. The summed E-state index contributed by atoms with van der Waals surface area (Å²) in [5, 5.41) is 3.36. The number of hydrogen-bond acceptors (Lipinski definition) is 2. The van der Waals surface area contributed by atoms with Gasteiger partial charge >= 0.3 is 0 Å². The maximum atomic E-state index is 3.36. The molecule has 1 aromatic carbocycles. The SMILES string of the molecule is CNCC1(CC2CSc3ccccc32)CC1. The molecule has 1 N–H and O–H groups in total. The highest BCUT2D eigenvalue weighted by Crippen LogP contribution is 2.54. The summed E-state index contributed by atoms with van der Waals surface area (Å²) >= 11 is 2.04. The third-order valence-electron chi connectivity index (χ3n) is 3.99. The van der Waals surface area contributed by atoms with Crippen LogP contribution < -0.4 is 5.32 Å². The third kappa shape index (κ3) is 1.89. The van der Waals surface area contributed by atoms with E-state index in [1.807, 2.05) is 11.8 Å². The van der Waals surface area contributed by atoms with Crippen LogP contribution in [0.2, 0.25) is 0 Å². The van der Waals surface area contributed by atoms with E-state index < -0.39 is 0 Å². The maximum absolute atomic E-state index is 3.36. The number of fused-ring (bicyclic) bond motifs is 1. The molecule has 1 aromatic rings. The molecular formula is C14H19NS. The smallest absolute Gasteiger partial charge is 0.0107 e. The normalized spacial score (nSPS) is 25.4. The van der Waals surface area contributed by atoms with E-state index in [4.69, 9.17) is 0 Å². The van der Waals surface area contributed by atoms with Crippen molar-refractivity contribution < 1.29 is 0 Å². The predicted molar refractivity (Wildman–Crippen MR) is 70.1 cm³/mol. The first-order valence-corrected chi connectivity index (χ1v) is 7.18. The molecule has 0 aromatic heterocycles. The first kappa shape index (κ1) is 10.7. The van der Waals surface area contributed by atoms with E-state index in [0.29, 0.717) is 5.41 Å². The van der Waals surface area contributed by atoms with Gasteiger partial charge in [-0.3, -0.25) is 0 Å². The number of nitrogens with one attached hydrogen (secondary N) is 1. The Balaban J connectivity index is 1.74. The molecule has 0 saturated heterocycles. The summed E-state index contributed by atoms with van der Waals surface area (Å²) in [6, 6.07) is 8.96. The molecule has 1 saturated carbocycles. The van der Waals surface area contributed by atoms with E-state index in [9.17, 15) is 0 Å². The number of benzene rings is 1. The number of thioether (sulfide) groups is 1. The van der Waals surface area contributed by atoms with Gasteiger partial charge in [-0.15, -0.1) is 11.8 Å². The van der Waals surface area contributed by atoms with Crippen LogP contribution in [0.4, 0.5) is 0 Å². The maximum Gasteiger partial charge on any atom is 0.0107 e. The van der Waals surface area contributed by atoms with Gasteiger partial charge in [0.15, 0.2) is 0 Å². The standard InChI is InChI=1S/C14H19NS/c1-15-10-14(6-7-14)8-11-9-16-13-5-3-2-4-12(11)13/h2-5,11,15H,6-10H2,1H3. The fourth-order valence-electron chi connectivity index (χ4n) is 2.93. The van der Waals surface area contributed by atoms with Gasteiger partial charge in [-0.1, -0.05) is 18.2 Å². The molecule has 0 bridgehead atoms. The third-order valence-corrected chi connectivity index (χ3v) is 5.24. The molecule has 1 atom stereocenters. The fourth-order valence-corrected chi connectivity index (χ4v) is 4.18. The molecule has 0 radical (unpaired) electrons. The Hall–Kier alpha value is -0.470. The quantitative estimate of drug-likeness (QED) is 0.856. The predicted octanol–water partition coefficient (Wildman–Crippen LogP) is 3.27. The van der Waals surface area contributed by atoms with Crippen molar-refractivity contribution in [1.29, 1.82) is 0 Å². The van der Waals surface area contributed by atoms with Gasteiger partial charge < -0.3 is 5.32 Å². The molecule has 2 heteroatoms. The van der Waals surface area contributed by atoms with Crippen LogP contribution in [-0.4, -0.2) is 19.3 Å². The molecule has 0 spiro atoms. The molecule has 0 amide bonds. The molecule has 1 aliphatic heterocycles. The van der Waals surface area contributed by atoms with Crippen molar-refractivity contribution in [3.63, 3.8) is 0 Å². The van der Waals surface area contributed by atoms with Crippen molar-refractivity contribution in [2.24, 2.45) is 5.41 Å². The molecule has 1 aliphatic carbocycles. The van der Waals surface area contributed by atoms with Gasteiger partial charge in [0.1, 0.15) is 0 Å². The molecule has 1 unspecified atom stereocenters. The number of hydrogen-bond donors (Lipinski definition) is 1. The molecule has 86 valence electrons. The monoisotopic (exact) mass is 233 g/mol. The van der Waals surface area contributed by atoms with Gasteiger partial charge in [0.2, 0.25) is 0 Å². The second-order valence-corrected chi connectivity index (χ2v) is 6.34. The Morgan fingerprint density at radius 3 is 2.94 bits per heavy atom. The topological polar surface area (TPSA) is 12.0 Å². The first-order valence-electron chi connectivity index (χ1n) is 6.19. The zero-order valence-corrected chi connectivity index (χ0v) is 10.6. The van der Waals surface area contributed by atoms with Crippen molar-refractivity contribution in [3.8, 4) is 0 Å². The van der Waals surface area contributed by atoms with Crippen LogP contribution in [0.5, 0.6) is 0 Å². The minimum absolute atomic E-state index is 0.636. The summed E-state index contributed by atoms with van der Waals surface area (Å²) in [5.41, 5.74) is 2.24. The van der Waals surface area contributed by atoms with Gasteiger partial charge in [-0.2, -0.15) is 0 Å². The highest BCUT2D eigenvalue weighted by atomic mass is 32.2. The van der Waals surface area contributed by atoms with E-state index in [-0.39, 0.29) is 0 Å². The second kappa shape index (κ2) is 4.08. The van der Waals surface area contributed by atoms with Gasteiger partial charge in [0.25, 0.3) is 0 Å². The van der Waals surface area contributed by atoms with Gasteiger partial charge in [0.05, 0.1) is 0 Å². The minimum atomic E-state index is 0.636. The highest BCUT2D eigenvalue weighted by Gasteiger charge is 2.44. The van der Waals surface area contributed by atoms with Crippen LogP contribution in [0.15, 0.2) is 29.2 Å². The van der Waals surface area contributed by atoms with Crippen molar-refractivity contribution in [3.05, 3.63) is 29.8 Å². The zero-order valence-electron chi connectivity index (χ0n) is 9.83. The van der Waals surface area contributed by atoms with Crippen LogP contribution in [0.1, 0.15) is 30.7 Å². The lowest BCUT2D eigenvalue weighted by molar-refractivity contribution is 0.413. The van der Waals surface area contributed by atoms with Crippen molar-refractivity contribution in [2.45, 2.75) is 30.1 Å². The molecule has 1 heterocycles. The van der Waals surface area contributed by atoms with E-state index in [1.54, 1.807) is 5.56 Å². The molecule has 3 rings (SSSR count). The summed E-state index contributed by atoms with van der Waals surface area (Å²) in [6.45, 7) is 1.20. The van der Waals surface area contributed by atoms with Crippen LogP contribution in [0.25, 0.3) is 0 Å². The van der Waals surface area contributed by atoms with Crippen molar-refractivity contribution >= 4 is 11.8 Å². The molecule has 1 nitrogen and oxygen atoms in total. The van der Waals surface area contributed by atoms with Gasteiger partial charge in [-0.05, 0) is 49.3 Å². The fraction of sp³-hybridized carbons (Fsp3) is 0.571. The summed E-state index contributed by atoms with van der Waals surface area (Å²) < 4.78 is 0. The first-order chi connectivity index (χ1) is 7.83. The van der Waals surface area contributed by atoms with E-state index in [0.717, 1.165) is 5.92 Å². The molecular weight excluding hydrogens is 214 g/mol. The Morgan fingerprint density at radius 2 is 2.19 bits per heavy atom. The molecule has 1 fully saturated rings. The van der Waals surface area contributed by atoms with E-state index in [2.05, 4.69) is 36.6 Å². The Morgan fingerprint density at radius 1 is 1.38 bits per heavy atom. The number of rotatable bonds is 4. The summed E-state index contributed by atoms with van der Waals surface area (Å²) in [7, 11) is 2.08. The lowest BCUT2D eigenvalue weighted by Crippen LogP contribution is -2.22. The lowest BCUT2D eigenvalue weighted by Gasteiger charge is -2.19. The highest BCUT2D eigenvalue weighted by molar-refractivity contribution is 7.99. The summed E-state index contributed by atoms with van der Waals surface area (Å²) in [5.74, 6) is 2.10. The minimum Gasteiger partial charge on any atom is -0.319 e. The Labute approximate surface area is 102 Å². The van der Waals surface area contributed by atoms with Crippen molar-refractivity contribution in [2.75, 3.05) is 19.3 Å². The summed E-state index contributed by atoms with van der Waals surface area (Å²) in [6.07, 6.45) is 4.24. The molecule has 16 heavy (non-hydrogen) atoms. The largest absolute Gasteiger partial charge is 0.319 e. The van der Waals surface area contributed by atoms with Crippen LogP contribution in [0, 0.1) is 5.41 Å². The second-order valence-electron chi connectivity index (χ2n) is 5.28. The molecule has 2 aliphatic rings. The van der Waals surface area contributed by atoms with Crippen molar-refractivity contribution in [1.82, 2.24) is 5.32 Å². The Bertz CT molecular complexity index is 384. The lowest BCUT2D eigenvalue weighted by atomic mass is 9.88. The van der Waals surface area contributed by atoms with Crippen LogP contribution in [-0.2, 0) is 0 Å². The van der Waals surface area contributed by atoms with Gasteiger partial charge in [0, 0.05) is 17.2 Å². The van der Waals surface area contributed by atoms with Gasteiger partial charge in [-0.25, -0.2) is 0 Å². The van der Waals surface area contributed by atoms with E-state index >= 15 is 0 Å².